The molecule has 1 heterocycles. The van der Waals surface area contributed by atoms with E-state index in [-0.39, 0.29) is 23.5 Å². The van der Waals surface area contributed by atoms with Crippen LogP contribution in [-0.4, -0.2) is 57.5 Å². The summed E-state index contributed by atoms with van der Waals surface area (Å²) in [6.45, 7) is 0.484. The highest BCUT2D eigenvalue weighted by atomic mass is 32.2. The van der Waals surface area contributed by atoms with Crippen LogP contribution in [0.2, 0.25) is 0 Å². The van der Waals surface area contributed by atoms with Crippen LogP contribution in [0, 0.1) is 0 Å². The van der Waals surface area contributed by atoms with Crippen molar-refractivity contribution in [3.63, 3.8) is 0 Å². The van der Waals surface area contributed by atoms with Crippen LogP contribution < -0.4 is 16.0 Å². The van der Waals surface area contributed by atoms with Crippen molar-refractivity contribution in [1.82, 2.24) is 16.0 Å². The van der Waals surface area contributed by atoms with Gasteiger partial charge in [-0.3, -0.25) is 9.79 Å². The number of carbonyl (C=O) groups excluding carboxylic acids is 1. The second-order valence-electron chi connectivity index (χ2n) is 6.40. The van der Waals surface area contributed by atoms with Gasteiger partial charge in [-0.1, -0.05) is 19.3 Å². The number of nitrogens with zero attached hydrogens (tertiary/aromatic N) is 1. The van der Waals surface area contributed by atoms with Gasteiger partial charge in [-0.25, -0.2) is 8.42 Å². The van der Waals surface area contributed by atoms with Crippen molar-refractivity contribution in [2.45, 2.75) is 57.0 Å². The highest BCUT2D eigenvalue weighted by Gasteiger charge is 2.28. The summed E-state index contributed by atoms with van der Waals surface area (Å²) in [5, 5.41) is 9.26. The zero-order valence-corrected chi connectivity index (χ0v) is 14.6. The van der Waals surface area contributed by atoms with Gasteiger partial charge < -0.3 is 16.0 Å². The fraction of sp³-hybridized carbons (Fsp3) is 0.867. The number of amides is 1. The molecule has 0 spiro atoms. The van der Waals surface area contributed by atoms with Gasteiger partial charge in [0.15, 0.2) is 15.8 Å². The SMILES string of the molecule is CN=C(NCCC(=O)NC1CCCCC1)NC1CCS(=O)(=O)C1. The summed E-state index contributed by atoms with van der Waals surface area (Å²) in [7, 11) is -1.27. The molecule has 2 rings (SSSR count). The topological polar surface area (TPSA) is 99.7 Å². The number of sulfone groups is 1. The Bertz CT molecular complexity index is 527. The summed E-state index contributed by atoms with van der Waals surface area (Å²) >= 11 is 0. The molecule has 2 aliphatic rings. The molecule has 0 bridgehead atoms. The number of rotatable bonds is 5. The summed E-state index contributed by atoms with van der Waals surface area (Å²) in [5.41, 5.74) is 0. The maximum atomic E-state index is 11.9. The number of nitrogens with one attached hydrogen (secondary N) is 3. The van der Waals surface area contributed by atoms with E-state index in [1.165, 1.54) is 19.3 Å². The molecule has 1 saturated carbocycles. The van der Waals surface area contributed by atoms with Crippen molar-refractivity contribution in [2.75, 3.05) is 25.1 Å². The summed E-state index contributed by atoms with van der Waals surface area (Å²) in [6.07, 6.45) is 6.82. The third-order valence-electron chi connectivity index (χ3n) is 4.41. The molecule has 0 radical (unpaired) electrons. The van der Waals surface area contributed by atoms with Gasteiger partial charge in [-0.2, -0.15) is 0 Å². The average molecular weight is 344 g/mol. The van der Waals surface area contributed by atoms with Crippen LogP contribution in [0.4, 0.5) is 0 Å². The monoisotopic (exact) mass is 344 g/mol. The Kier molecular flexibility index (Phi) is 6.68. The molecule has 132 valence electrons. The Hall–Kier alpha value is -1.31. The highest BCUT2D eigenvalue weighted by molar-refractivity contribution is 7.91. The highest BCUT2D eigenvalue weighted by Crippen LogP contribution is 2.17. The first kappa shape index (κ1) is 18.0. The zero-order valence-electron chi connectivity index (χ0n) is 13.8. The molecule has 3 N–H and O–H groups in total. The summed E-state index contributed by atoms with van der Waals surface area (Å²) in [5.74, 6) is 0.988. The first-order valence-electron chi connectivity index (χ1n) is 8.45. The van der Waals surface area contributed by atoms with Gasteiger partial charge in [0.1, 0.15) is 0 Å². The lowest BCUT2D eigenvalue weighted by Gasteiger charge is -2.23. The molecular weight excluding hydrogens is 316 g/mol. The minimum absolute atomic E-state index is 0.0586. The van der Waals surface area contributed by atoms with Gasteiger partial charge in [-0.05, 0) is 19.3 Å². The van der Waals surface area contributed by atoms with Crippen molar-refractivity contribution in [3.8, 4) is 0 Å². The second kappa shape index (κ2) is 8.52. The Morgan fingerprint density at radius 1 is 1.09 bits per heavy atom. The van der Waals surface area contributed by atoms with Crippen LogP contribution in [0.3, 0.4) is 0 Å². The largest absolute Gasteiger partial charge is 0.356 e. The lowest BCUT2D eigenvalue weighted by atomic mass is 9.95. The molecule has 23 heavy (non-hydrogen) atoms. The van der Waals surface area contributed by atoms with Crippen LogP contribution in [0.1, 0.15) is 44.9 Å². The third kappa shape index (κ3) is 6.37. The van der Waals surface area contributed by atoms with Crippen LogP contribution in [0.15, 0.2) is 4.99 Å². The Labute approximate surface area is 138 Å². The maximum Gasteiger partial charge on any atom is 0.221 e. The van der Waals surface area contributed by atoms with Gasteiger partial charge >= 0.3 is 0 Å². The van der Waals surface area contributed by atoms with Crippen LogP contribution in [0.25, 0.3) is 0 Å². The van der Waals surface area contributed by atoms with Crippen molar-refractivity contribution < 1.29 is 13.2 Å². The van der Waals surface area contributed by atoms with Crippen molar-refractivity contribution in [2.24, 2.45) is 4.99 Å². The molecule has 1 unspecified atom stereocenters. The van der Waals surface area contributed by atoms with E-state index in [0.29, 0.717) is 31.4 Å². The van der Waals surface area contributed by atoms with Gasteiger partial charge in [0.25, 0.3) is 0 Å². The van der Waals surface area contributed by atoms with E-state index in [4.69, 9.17) is 0 Å². The molecule has 8 heteroatoms. The van der Waals surface area contributed by atoms with Crippen LogP contribution in [-0.2, 0) is 14.6 Å². The molecule has 0 aromatic carbocycles. The van der Waals surface area contributed by atoms with Crippen molar-refractivity contribution >= 4 is 21.7 Å². The summed E-state index contributed by atoms with van der Waals surface area (Å²) < 4.78 is 22.9. The molecule has 7 nitrogen and oxygen atoms in total. The van der Waals surface area contributed by atoms with Gasteiger partial charge in [0.2, 0.25) is 5.91 Å². The number of hydrogen-bond acceptors (Lipinski definition) is 4. The van der Waals surface area contributed by atoms with Crippen LogP contribution in [0.5, 0.6) is 0 Å². The van der Waals surface area contributed by atoms with E-state index in [2.05, 4.69) is 20.9 Å². The molecule has 0 aromatic heterocycles. The quantitative estimate of drug-likeness (QED) is 0.488. The minimum atomic E-state index is -2.91. The van der Waals surface area contributed by atoms with Crippen molar-refractivity contribution in [3.05, 3.63) is 0 Å². The third-order valence-corrected chi connectivity index (χ3v) is 6.18. The zero-order chi connectivity index (χ0) is 16.7. The Morgan fingerprint density at radius 3 is 2.43 bits per heavy atom. The number of carbonyl (C=O) groups is 1. The predicted octanol–water partition coefficient (Wildman–Crippen LogP) is 0.178. The van der Waals surface area contributed by atoms with E-state index in [1.807, 2.05) is 0 Å². The van der Waals surface area contributed by atoms with E-state index >= 15 is 0 Å². The molecule has 1 aliphatic heterocycles. The minimum Gasteiger partial charge on any atom is -0.356 e. The molecule has 1 atom stereocenters. The molecule has 1 amide bonds. The number of guanidine groups is 1. The maximum absolute atomic E-state index is 11.9. The molecule has 0 aromatic rings. The smallest absolute Gasteiger partial charge is 0.221 e. The molecule has 2 fully saturated rings. The molecular formula is C15H28N4O3S. The van der Waals surface area contributed by atoms with Crippen LogP contribution >= 0.6 is 0 Å². The fourth-order valence-corrected chi connectivity index (χ4v) is 4.81. The van der Waals surface area contributed by atoms with Gasteiger partial charge in [0.05, 0.1) is 11.5 Å². The fourth-order valence-electron chi connectivity index (χ4n) is 3.14. The second-order valence-corrected chi connectivity index (χ2v) is 8.62. The Morgan fingerprint density at radius 2 is 1.83 bits per heavy atom. The number of hydrogen-bond donors (Lipinski definition) is 3. The normalized spacial score (nSPS) is 25.1. The van der Waals surface area contributed by atoms with E-state index in [9.17, 15) is 13.2 Å². The lowest BCUT2D eigenvalue weighted by Crippen LogP contribution is -2.45. The lowest BCUT2D eigenvalue weighted by molar-refractivity contribution is -0.121. The average Bonchev–Trinajstić information content (AvgIpc) is 2.86. The first-order chi connectivity index (χ1) is 11.0. The van der Waals surface area contributed by atoms with E-state index in [0.717, 1.165) is 12.8 Å². The van der Waals surface area contributed by atoms with Gasteiger partial charge in [-0.15, -0.1) is 0 Å². The standard InChI is InChI=1S/C15H28N4O3S/c1-16-15(19-13-8-10-23(21,22)11-13)17-9-7-14(20)18-12-5-3-2-4-6-12/h12-13H,2-11H2,1H3,(H,18,20)(H2,16,17,19). The molecule has 1 aliphatic carbocycles. The van der Waals surface area contributed by atoms with E-state index in [1.54, 1.807) is 7.05 Å². The van der Waals surface area contributed by atoms with Crippen molar-refractivity contribution in [1.29, 1.82) is 0 Å². The number of aliphatic imine (C=N–C) groups is 1. The molecule has 1 saturated heterocycles. The predicted molar refractivity (Wildman–Crippen MR) is 91.2 cm³/mol. The van der Waals surface area contributed by atoms with Gasteiger partial charge in [0, 0.05) is 32.1 Å². The summed E-state index contributed by atoms with van der Waals surface area (Å²) in [6, 6.07) is 0.236. The summed E-state index contributed by atoms with van der Waals surface area (Å²) in [4.78, 5) is 16.0. The first-order valence-corrected chi connectivity index (χ1v) is 10.3. The van der Waals surface area contributed by atoms with E-state index < -0.39 is 9.84 Å². The Balaban J connectivity index is 1.64.